The van der Waals surface area contributed by atoms with Crippen LogP contribution in [0.2, 0.25) is 0 Å². The average molecular weight is 285 g/mol. The molecule has 0 aromatic carbocycles. The van der Waals surface area contributed by atoms with Crippen LogP contribution in [0, 0.1) is 6.92 Å². The standard InChI is InChI=1S/C14H15N5S/c1-10-7-13(19-14(17-10)15-9-16-19)18(11-4-5-11)8-12-3-2-6-20-12/h2-3,6-7,9,11H,4-5,8H2,1H3. The molecule has 4 rings (SSSR count). The van der Waals surface area contributed by atoms with Crippen LogP contribution in [-0.4, -0.2) is 25.6 Å². The Morgan fingerprint density at radius 3 is 3.10 bits per heavy atom. The Morgan fingerprint density at radius 1 is 1.45 bits per heavy atom. The first-order valence-corrected chi connectivity index (χ1v) is 7.65. The molecule has 1 saturated carbocycles. The maximum Gasteiger partial charge on any atom is 0.254 e. The normalized spacial score (nSPS) is 14.8. The molecule has 20 heavy (non-hydrogen) atoms. The second-order valence-corrected chi connectivity index (χ2v) is 6.20. The smallest absolute Gasteiger partial charge is 0.254 e. The summed E-state index contributed by atoms with van der Waals surface area (Å²) >= 11 is 1.80. The number of hydrogen-bond donors (Lipinski definition) is 0. The van der Waals surface area contributed by atoms with Crippen molar-refractivity contribution >= 4 is 22.9 Å². The molecule has 1 aliphatic rings. The number of rotatable bonds is 4. The minimum atomic E-state index is 0.617. The second kappa shape index (κ2) is 4.56. The first kappa shape index (κ1) is 11.8. The molecule has 0 N–H and O–H groups in total. The maximum atomic E-state index is 4.42. The lowest BCUT2D eigenvalue weighted by atomic mass is 10.3. The molecule has 0 spiro atoms. The Kier molecular flexibility index (Phi) is 2.70. The monoisotopic (exact) mass is 285 g/mol. The van der Waals surface area contributed by atoms with E-state index in [2.05, 4.69) is 43.5 Å². The van der Waals surface area contributed by atoms with Crippen molar-refractivity contribution in [2.75, 3.05) is 4.90 Å². The van der Waals surface area contributed by atoms with Crippen molar-refractivity contribution in [1.29, 1.82) is 0 Å². The third-order valence-electron chi connectivity index (χ3n) is 3.55. The van der Waals surface area contributed by atoms with E-state index in [1.54, 1.807) is 17.7 Å². The zero-order valence-electron chi connectivity index (χ0n) is 11.2. The molecule has 6 heteroatoms. The molecule has 0 atom stereocenters. The summed E-state index contributed by atoms with van der Waals surface area (Å²) < 4.78 is 1.85. The van der Waals surface area contributed by atoms with Crippen LogP contribution in [0.1, 0.15) is 23.4 Å². The second-order valence-electron chi connectivity index (χ2n) is 5.17. The van der Waals surface area contributed by atoms with E-state index in [0.717, 1.165) is 18.1 Å². The third kappa shape index (κ3) is 2.06. The number of fused-ring (bicyclic) bond motifs is 1. The van der Waals surface area contributed by atoms with Crippen molar-refractivity contribution in [2.45, 2.75) is 32.4 Å². The Labute approximate surface area is 120 Å². The molecule has 0 saturated heterocycles. The SMILES string of the molecule is Cc1cc(N(Cc2cccs2)C2CC2)n2ncnc2n1. The van der Waals surface area contributed by atoms with Crippen molar-refractivity contribution in [3.05, 3.63) is 40.5 Å². The molecule has 3 heterocycles. The summed E-state index contributed by atoms with van der Waals surface area (Å²) in [6, 6.07) is 7.01. The Hall–Kier alpha value is -1.95. The van der Waals surface area contributed by atoms with Gasteiger partial charge in [0, 0.05) is 22.7 Å². The van der Waals surface area contributed by atoms with Crippen LogP contribution < -0.4 is 4.90 Å². The highest BCUT2D eigenvalue weighted by Gasteiger charge is 2.31. The lowest BCUT2D eigenvalue weighted by molar-refractivity contribution is 0.751. The highest BCUT2D eigenvalue weighted by Crippen LogP contribution is 2.33. The molecule has 1 aliphatic carbocycles. The minimum absolute atomic E-state index is 0.617. The fraction of sp³-hybridized carbons (Fsp3) is 0.357. The van der Waals surface area contributed by atoms with E-state index in [1.165, 1.54) is 17.7 Å². The van der Waals surface area contributed by atoms with Gasteiger partial charge in [-0.1, -0.05) is 6.07 Å². The molecule has 1 fully saturated rings. The topological polar surface area (TPSA) is 46.3 Å². The molecular formula is C14H15N5S. The number of thiophene rings is 1. The summed E-state index contributed by atoms with van der Waals surface area (Å²) in [5.74, 6) is 1.78. The number of hydrogen-bond acceptors (Lipinski definition) is 5. The fourth-order valence-electron chi connectivity index (χ4n) is 2.47. The van der Waals surface area contributed by atoms with E-state index in [-0.39, 0.29) is 0 Å². The highest BCUT2D eigenvalue weighted by molar-refractivity contribution is 7.09. The van der Waals surface area contributed by atoms with Crippen LogP contribution in [0.4, 0.5) is 5.82 Å². The zero-order valence-corrected chi connectivity index (χ0v) is 12.0. The van der Waals surface area contributed by atoms with E-state index in [9.17, 15) is 0 Å². The summed E-state index contributed by atoms with van der Waals surface area (Å²) in [5.41, 5.74) is 0.984. The van der Waals surface area contributed by atoms with Gasteiger partial charge < -0.3 is 4.90 Å². The van der Waals surface area contributed by atoms with E-state index in [1.807, 2.05) is 11.4 Å². The lowest BCUT2D eigenvalue weighted by Gasteiger charge is -2.24. The lowest BCUT2D eigenvalue weighted by Crippen LogP contribution is -2.27. The predicted molar refractivity (Wildman–Crippen MR) is 79.0 cm³/mol. The highest BCUT2D eigenvalue weighted by atomic mass is 32.1. The quantitative estimate of drug-likeness (QED) is 0.739. The van der Waals surface area contributed by atoms with Gasteiger partial charge in [0.05, 0.1) is 6.54 Å². The van der Waals surface area contributed by atoms with Gasteiger partial charge in [0.2, 0.25) is 0 Å². The molecule has 3 aromatic heterocycles. The van der Waals surface area contributed by atoms with Crippen LogP contribution in [0.3, 0.4) is 0 Å². The van der Waals surface area contributed by atoms with Crippen LogP contribution in [0.15, 0.2) is 29.9 Å². The number of aryl methyl sites for hydroxylation is 1. The molecule has 0 aliphatic heterocycles. The summed E-state index contributed by atoms with van der Waals surface area (Å²) in [6.45, 7) is 2.94. The average Bonchev–Trinajstić information content (AvgIpc) is 2.96. The number of nitrogens with zero attached hydrogens (tertiary/aromatic N) is 5. The summed E-state index contributed by atoms with van der Waals surface area (Å²) in [6.07, 6.45) is 4.08. The van der Waals surface area contributed by atoms with E-state index < -0.39 is 0 Å². The van der Waals surface area contributed by atoms with E-state index in [0.29, 0.717) is 11.8 Å². The maximum absolute atomic E-state index is 4.42. The molecule has 0 unspecified atom stereocenters. The fourth-order valence-corrected chi connectivity index (χ4v) is 3.17. The van der Waals surface area contributed by atoms with Gasteiger partial charge in [-0.05, 0) is 31.2 Å². The zero-order chi connectivity index (χ0) is 13.5. The summed E-state index contributed by atoms with van der Waals surface area (Å²) in [5, 5.41) is 6.45. The van der Waals surface area contributed by atoms with Gasteiger partial charge in [-0.25, -0.2) is 4.98 Å². The Morgan fingerprint density at radius 2 is 2.35 bits per heavy atom. The van der Waals surface area contributed by atoms with Crippen molar-refractivity contribution in [3.63, 3.8) is 0 Å². The van der Waals surface area contributed by atoms with Crippen LogP contribution in [0.25, 0.3) is 5.78 Å². The molecule has 102 valence electrons. The van der Waals surface area contributed by atoms with Crippen molar-refractivity contribution in [3.8, 4) is 0 Å². The van der Waals surface area contributed by atoms with Crippen LogP contribution in [-0.2, 0) is 6.54 Å². The van der Waals surface area contributed by atoms with Gasteiger partial charge >= 0.3 is 0 Å². The van der Waals surface area contributed by atoms with Crippen LogP contribution in [0.5, 0.6) is 0 Å². The Balaban J connectivity index is 1.79. The van der Waals surface area contributed by atoms with Crippen molar-refractivity contribution in [1.82, 2.24) is 19.6 Å². The van der Waals surface area contributed by atoms with E-state index in [4.69, 9.17) is 0 Å². The van der Waals surface area contributed by atoms with Gasteiger partial charge in [-0.15, -0.1) is 11.3 Å². The largest absolute Gasteiger partial charge is 0.348 e. The minimum Gasteiger partial charge on any atom is -0.348 e. The molecule has 0 bridgehead atoms. The Bertz CT molecular complexity index is 729. The molecule has 0 radical (unpaired) electrons. The van der Waals surface area contributed by atoms with Crippen molar-refractivity contribution in [2.24, 2.45) is 0 Å². The molecular weight excluding hydrogens is 270 g/mol. The van der Waals surface area contributed by atoms with Gasteiger partial charge in [0.25, 0.3) is 5.78 Å². The molecule has 5 nitrogen and oxygen atoms in total. The van der Waals surface area contributed by atoms with Crippen LogP contribution >= 0.6 is 11.3 Å². The molecule has 3 aromatic rings. The summed E-state index contributed by atoms with van der Waals surface area (Å²) in [7, 11) is 0. The molecule has 0 amide bonds. The van der Waals surface area contributed by atoms with E-state index >= 15 is 0 Å². The first-order chi connectivity index (χ1) is 9.81. The summed E-state index contributed by atoms with van der Waals surface area (Å²) in [4.78, 5) is 12.4. The number of aromatic nitrogens is 4. The predicted octanol–water partition coefficient (Wildman–Crippen LogP) is 2.66. The van der Waals surface area contributed by atoms with Gasteiger partial charge in [-0.3, -0.25) is 0 Å². The first-order valence-electron chi connectivity index (χ1n) is 6.78. The van der Waals surface area contributed by atoms with Crippen molar-refractivity contribution < 1.29 is 0 Å². The third-order valence-corrected chi connectivity index (χ3v) is 4.41. The van der Waals surface area contributed by atoms with Gasteiger partial charge in [0.15, 0.2) is 0 Å². The van der Waals surface area contributed by atoms with Gasteiger partial charge in [0.1, 0.15) is 12.1 Å². The van der Waals surface area contributed by atoms with Gasteiger partial charge in [-0.2, -0.15) is 14.6 Å². The number of anilines is 1.